The van der Waals surface area contributed by atoms with Gasteiger partial charge in [-0.2, -0.15) is 0 Å². The Balaban J connectivity index is 2.77. The van der Waals surface area contributed by atoms with Crippen molar-refractivity contribution in [2.45, 2.75) is 30.4 Å². The molecule has 3 nitrogen and oxygen atoms in total. The summed E-state index contributed by atoms with van der Waals surface area (Å²) in [5.41, 5.74) is -0.412. The van der Waals surface area contributed by atoms with Gasteiger partial charge in [0, 0.05) is 23.8 Å². The number of methoxy groups -OCH3 is 1. The lowest BCUT2D eigenvalue weighted by Gasteiger charge is -2.32. The fourth-order valence-corrected chi connectivity index (χ4v) is 3.11. The average molecular weight is 273 g/mol. The van der Waals surface area contributed by atoms with E-state index in [0.29, 0.717) is 10.6 Å². The highest BCUT2D eigenvalue weighted by Crippen LogP contribution is 2.17. The molecule has 0 radical (unpaired) electrons. The maximum absolute atomic E-state index is 12.8. The fourth-order valence-electron chi connectivity index (χ4n) is 1.61. The highest BCUT2D eigenvalue weighted by Gasteiger charge is 2.29. The van der Waals surface area contributed by atoms with Gasteiger partial charge in [-0.3, -0.25) is 4.21 Å². The number of nitrogens with one attached hydrogen (secondary N) is 1. The van der Waals surface area contributed by atoms with Crippen LogP contribution >= 0.6 is 0 Å². The molecule has 1 N–H and O–H groups in total. The van der Waals surface area contributed by atoms with Crippen molar-refractivity contribution >= 4 is 10.8 Å². The van der Waals surface area contributed by atoms with Gasteiger partial charge in [0.25, 0.3) is 0 Å². The normalized spacial score (nSPS) is 15.4. The van der Waals surface area contributed by atoms with E-state index >= 15 is 0 Å². The molecule has 0 fully saturated rings. The lowest BCUT2D eigenvalue weighted by atomic mass is 10.0. The molecule has 0 aromatic heterocycles. The van der Waals surface area contributed by atoms with Crippen LogP contribution < -0.4 is 5.32 Å². The first-order valence-corrected chi connectivity index (χ1v) is 7.09. The van der Waals surface area contributed by atoms with Gasteiger partial charge in [0.2, 0.25) is 0 Å². The van der Waals surface area contributed by atoms with Crippen molar-refractivity contribution in [1.29, 1.82) is 0 Å². The summed E-state index contributed by atoms with van der Waals surface area (Å²) in [5.74, 6) is 0.0984. The zero-order valence-corrected chi connectivity index (χ0v) is 12.0. The lowest BCUT2D eigenvalue weighted by Crippen LogP contribution is -2.49. The lowest BCUT2D eigenvalue weighted by molar-refractivity contribution is -0.00179. The van der Waals surface area contributed by atoms with E-state index in [9.17, 15) is 8.60 Å². The predicted octanol–water partition coefficient (Wildman–Crippen LogP) is 1.95. The molecular formula is C13H20FNO2S. The van der Waals surface area contributed by atoms with E-state index in [4.69, 9.17) is 4.74 Å². The molecule has 0 aliphatic rings. The molecule has 0 bridgehead atoms. The van der Waals surface area contributed by atoms with Crippen LogP contribution in [0.25, 0.3) is 0 Å². The van der Waals surface area contributed by atoms with Crippen molar-refractivity contribution in [3.63, 3.8) is 0 Å². The Morgan fingerprint density at radius 1 is 1.39 bits per heavy atom. The second-order valence-corrected chi connectivity index (χ2v) is 6.11. The van der Waals surface area contributed by atoms with Crippen molar-refractivity contribution in [3.8, 4) is 0 Å². The van der Waals surface area contributed by atoms with E-state index in [0.717, 1.165) is 0 Å². The third kappa shape index (κ3) is 3.86. The Morgan fingerprint density at radius 3 is 2.39 bits per heavy atom. The van der Waals surface area contributed by atoms with Gasteiger partial charge in [-0.05, 0) is 45.2 Å². The molecule has 0 amide bonds. The molecule has 0 aliphatic carbocycles. The van der Waals surface area contributed by atoms with Crippen LogP contribution in [0.5, 0.6) is 0 Å². The van der Waals surface area contributed by atoms with E-state index in [1.54, 1.807) is 19.2 Å². The molecular weight excluding hydrogens is 253 g/mol. The monoisotopic (exact) mass is 273 g/mol. The van der Waals surface area contributed by atoms with Gasteiger partial charge in [0.15, 0.2) is 0 Å². The molecule has 1 aromatic carbocycles. The summed E-state index contributed by atoms with van der Waals surface area (Å²) in [6, 6.07) is 5.70. The SMILES string of the molecule is CNC(CS(=O)c1ccc(F)cc1)C(C)(C)OC. The first kappa shape index (κ1) is 15.3. The average Bonchev–Trinajstić information content (AvgIpc) is 2.36. The number of ether oxygens (including phenoxy) is 1. The van der Waals surface area contributed by atoms with Crippen LogP contribution in [0, 0.1) is 5.82 Å². The van der Waals surface area contributed by atoms with Crippen LogP contribution in [-0.2, 0) is 15.5 Å². The second-order valence-electron chi connectivity index (χ2n) is 4.61. The maximum atomic E-state index is 12.8. The fraction of sp³-hybridized carbons (Fsp3) is 0.538. The summed E-state index contributed by atoms with van der Waals surface area (Å²) in [6.45, 7) is 3.88. The zero-order valence-electron chi connectivity index (χ0n) is 11.2. The molecule has 0 saturated heterocycles. The second kappa shape index (κ2) is 6.41. The van der Waals surface area contributed by atoms with Crippen molar-refractivity contribution in [1.82, 2.24) is 5.32 Å². The quantitative estimate of drug-likeness (QED) is 0.861. The van der Waals surface area contributed by atoms with Crippen molar-refractivity contribution < 1.29 is 13.3 Å². The number of hydrogen-bond acceptors (Lipinski definition) is 3. The van der Waals surface area contributed by atoms with Gasteiger partial charge in [-0.25, -0.2) is 4.39 Å². The Kier molecular flexibility index (Phi) is 5.44. The van der Waals surface area contributed by atoms with Gasteiger partial charge in [-0.1, -0.05) is 0 Å². The largest absolute Gasteiger partial charge is 0.377 e. The molecule has 18 heavy (non-hydrogen) atoms. The van der Waals surface area contributed by atoms with E-state index in [2.05, 4.69) is 5.32 Å². The van der Waals surface area contributed by atoms with Crippen molar-refractivity contribution in [2.75, 3.05) is 19.9 Å². The summed E-state index contributed by atoms with van der Waals surface area (Å²) < 4.78 is 30.4. The minimum atomic E-state index is -1.18. The first-order valence-electron chi connectivity index (χ1n) is 5.77. The number of rotatable bonds is 6. The summed E-state index contributed by atoms with van der Waals surface area (Å²) in [6.07, 6.45) is 0. The van der Waals surface area contributed by atoms with Gasteiger partial charge >= 0.3 is 0 Å². The first-order chi connectivity index (χ1) is 8.40. The molecule has 2 atom stereocenters. The molecule has 1 rings (SSSR count). The number of likely N-dealkylation sites (N-methyl/N-ethyl adjacent to an activating group) is 1. The standard InChI is InChI=1S/C13H20FNO2S/c1-13(2,17-4)12(15-3)9-18(16)11-7-5-10(14)6-8-11/h5-8,12,15H,9H2,1-4H3. The number of hydrogen-bond donors (Lipinski definition) is 1. The van der Waals surface area contributed by atoms with Crippen molar-refractivity contribution in [3.05, 3.63) is 30.1 Å². The zero-order chi connectivity index (χ0) is 13.8. The van der Waals surface area contributed by atoms with E-state index in [-0.39, 0.29) is 11.9 Å². The van der Waals surface area contributed by atoms with E-state index in [1.807, 2.05) is 20.9 Å². The van der Waals surface area contributed by atoms with Crippen LogP contribution in [0.15, 0.2) is 29.2 Å². The van der Waals surface area contributed by atoms with Crippen molar-refractivity contribution in [2.24, 2.45) is 0 Å². The predicted molar refractivity (Wildman–Crippen MR) is 71.6 cm³/mol. The Hall–Kier alpha value is -0.780. The van der Waals surface area contributed by atoms with Crippen LogP contribution in [-0.4, -0.2) is 35.8 Å². The van der Waals surface area contributed by atoms with Crippen LogP contribution in [0.3, 0.4) is 0 Å². The smallest absolute Gasteiger partial charge is 0.123 e. The Bertz CT molecular complexity index is 406. The number of benzene rings is 1. The molecule has 102 valence electrons. The maximum Gasteiger partial charge on any atom is 0.123 e. The van der Waals surface area contributed by atoms with Gasteiger partial charge in [-0.15, -0.1) is 0 Å². The number of halogens is 1. The molecule has 0 heterocycles. The minimum absolute atomic E-state index is 0.0478. The summed E-state index contributed by atoms with van der Waals surface area (Å²) in [4.78, 5) is 0.628. The third-order valence-corrected chi connectivity index (χ3v) is 4.54. The molecule has 2 unspecified atom stereocenters. The van der Waals surface area contributed by atoms with Gasteiger partial charge in [0.05, 0.1) is 16.4 Å². The highest BCUT2D eigenvalue weighted by molar-refractivity contribution is 7.85. The van der Waals surface area contributed by atoms with Gasteiger partial charge in [0.1, 0.15) is 5.82 Å². The molecule has 0 spiro atoms. The van der Waals surface area contributed by atoms with E-state index < -0.39 is 16.4 Å². The Morgan fingerprint density at radius 2 is 1.94 bits per heavy atom. The summed E-state index contributed by atoms with van der Waals surface area (Å²) in [7, 11) is 2.26. The molecule has 0 saturated carbocycles. The minimum Gasteiger partial charge on any atom is -0.377 e. The summed E-state index contributed by atoms with van der Waals surface area (Å²) in [5, 5.41) is 3.11. The Labute approximate surface area is 110 Å². The van der Waals surface area contributed by atoms with Gasteiger partial charge < -0.3 is 10.1 Å². The topological polar surface area (TPSA) is 38.3 Å². The molecule has 0 aliphatic heterocycles. The van der Waals surface area contributed by atoms with Crippen LogP contribution in [0.4, 0.5) is 4.39 Å². The van der Waals surface area contributed by atoms with E-state index in [1.165, 1.54) is 12.1 Å². The molecule has 5 heteroatoms. The van der Waals surface area contributed by atoms with Crippen LogP contribution in [0.2, 0.25) is 0 Å². The van der Waals surface area contributed by atoms with Crippen LogP contribution in [0.1, 0.15) is 13.8 Å². The molecule has 1 aromatic rings. The highest BCUT2D eigenvalue weighted by atomic mass is 32.2. The summed E-state index contributed by atoms with van der Waals surface area (Å²) >= 11 is 0. The third-order valence-electron chi connectivity index (χ3n) is 3.11.